The zero-order valence-electron chi connectivity index (χ0n) is 9.08. The summed E-state index contributed by atoms with van der Waals surface area (Å²) in [5, 5.41) is 12.8. The highest BCUT2D eigenvalue weighted by Gasteiger charge is 2.33. The van der Waals surface area contributed by atoms with Gasteiger partial charge in [-0.3, -0.25) is 5.32 Å². The Kier molecular flexibility index (Phi) is 3.47. The average molecular weight is 244 g/mol. The Hall–Kier alpha value is -0.640. The van der Waals surface area contributed by atoms with Crippen LogP contribution < -0.4 is 5.32 Å². The van der Waals surface area contributed by atoms with Crippen LogP contribution in [0.4, 0.5) is 4.39 Å². The molecule has 1 aliphatic carbocycles. The van der Waals surface area contributed by atoms with Gasteiger partial charge < -0.3 is 5.11 Å². The smallest absolute Gasteiger partial charge is 0.124 e. The topological polar surface area (TPSA) is 32.3 Å². The van der Waals surface area contributed by atoms with E-state index in [1.54, 1.807) is 13.0 Å². The minimum absolute atomic E-state index is 0.239. The summed E-state index contributed by atoms with van der Waals surface area (Å²) in [6.45, 7) is 1.70. The molecule has 1 saturated carbocycles. The summed E-state index contributed by atoms with van der Waals surface area (Å²) in [4.78, 5) is 0. The lowest BCUT2D eigenvalue weighted by Gasteiger charge is -2.39. The third-order valence-electron chi connectivity index (χ3n) is 3.09. The van der Waals surface area contributed by atoms with E-state index < -0.39 is 6.23 Å². The van der Waals surface area contributed by atoms with E-state index in [0.29, 0.717) is 5.02 Å². The molecule has 0 spiro atoms. The fourth-order valence-corrected chi connectivity index (χ4v) is 2.49. The number of hydrogen-bond donors (Lipinski definition) is 2. The Labute approximate surface area is 99.4 Å². The van der Waals surface area contributed by atoms with Gasteiger partial charge in [0.2, 0.25) is 0 Å². The van der Waals surface area contributed by atoms with Gasteiger partial charge in [-0.2, -0.15) is 0 Å². The highest BCUT2D eigenvalue weighted by molar-refractivity contribution is 6.31. The molecule has 1 aromatic carbocycles. The Balaban J connectivity index is 2.12. The molecule has 88 valence electrons. The SMILES string of the molecule is CC(O)N[C@H]1CC[C@H]1c1ccc(F)cc1Cl. The van der Waals surface area contributed by atoms with Crippen molar-refractivity contribution in [2.24, 2.45) is 0 Å². The van der Waals surface area contributed by atoms with Crippen molar-refractivity contribution in [2.45, 2.75) is 38.0 Å². The Morgan fingerprint density at radius 2 is 2.25 bits per heavy atom. The molecule has 2 nitrogen and oxygen atoms in total. The number of hydrogen-bond acceptors (Lipinski definition) is 2. The largest absolute Gasteiger partial charge is 0.379 e. The average Bonchev–Trinajstić information content (AvgIpc) is 2.17. The molecule has 2 N–H and O–H groups in total. The molecule has 0 heterocycles. The van der Waals surface area contributed by atoms with Crippen LogP contribution in [0.5, 0.6) is 0 Å². The van der Waals surface area contributed by atoms with E-state index in [0.717, 1.165) is 18.4 Å². The zero-order chi connectivity index (χ0) is 11.7. The van der Waals surface area contributed by atoms with Crippen molar-refractivity contribution in [1.82, 2.24) is 5.32 Å². The lowest BCUT2D eigenvalue weighted by molar-refractivity contribution is 0.110. The lowest BCUT2D eigenvalue weighted by Crippen LogP contribution is -2.46. The van der Waals surface area contributed by atoms with E-state index in [-0.39, 0.29) is 17.8 Å². The van der Waals surface area contributed by atoms with Crippen LogP contribution in [0, 0.1) is 5.82 Å². The van der Waals surface area contributed by atoms with E-state index in [1.165, 1.54) is 12.1 Å². The minimum atomic E-state index is -0.521. The molecule has 0 bridgehead atoms. The van der Waals surface area contributed by atoms with Gasteiger partial charge in [0.1, 0.15) is 12.0 Å². The molecule has 0 amide bonds. The van der Waals surface area contributed by atoms with Crippen molar-refractivity contribution < 1.29 is 9.50 Å². The molecule has 0 radical (unpaired) electrons. The van der Waals surface area contributed by atoms with Crippen molar-refractivity contribution in [3.8, 4) is 0 Å². The van der Waals surface area contributed by atoms with E-state index in [4.69, 9.17) is 11.6 Å². The van der Waals surface area contributed by atoms with Gasteiger partial charge in [0.25, 0.3) is 0 Å². The van der Waals surface area contributed by atoms with Crippen LogP contribution in [0.25, 0.3) is 0 Å². The Bertz CT molecular complexity index is 383. The quantitative estimate of drug-likeness (QED) is 0.800. The first-order chi connectivity index (χ1) is 7.58. The zero-order valence-corrected chi connectivity index (χ0v) is 9.84. The molecule has 0 saturated heterocycles. The van der Waals surface area contributed by atoms with Crippen LogP contribution in [0.1, 0.15) is 31.2 Å². The van der Waals surface area contributed by atoms with Gasteiger partial charge in [0, 0.05) is 17.0 Å². The van der Waals surface area contributed by atoms with Gasteiger partial charge in [-0.25, -0.2) is 4.39 Å². The van der Waals surface area contributed by atoms with Crippen molar-refractivity contribution in [1.29, 1.82) is 0 Å². The first-order valence-corrected chi connectivity index (χ1v) is 5.85. The Morgan fingerprint density at radius 1 is 1.50 bits per heavy atom. The summed E-state index contributed by atoms with van der Waals surface area (Å²) < 4.78 is 12.9. The van der Waals surface area contributed by atoms with Crippen LogP contribution in [0.15, 0.2) is 18.2 Å². The first kappa shape index (κ1) is 11.8. The summed E-state index contributed by atoms with van der Waals surface area (Å²) in [6.07, 6.45) is 1.52. The molecule has 1 aromatic rings. The number of benzene rings is 1. The summed E-state index contributed by atoms with van der Waals surface area (Å²) in [5.41, 5.74) is 0.965. The third-order valence-corrected chi connectivity index (χ3v) is 3.42. The van der Waals surface area contributed by atoms with E-state index >= 15 is 0 Å². The first-order valence-electron chi connectivity index (χ1n) is 5.47. The molecular weight excluding hydrogens is 229 g/mol. The number of rotatable bonds is 3. The summed E-state index contributed by atoms with van der Waals surface area (Å²) in [5.74, 6) is -0.0317. The molecule has 1 fully saturated rings. The van der Waals surface area contributed by atoms with Crippen LogP contribution in [-0.2, 0) is 0 Å². The van der Waals surface area contributed by atoms with Crippen molar-refractivity contribution in [3.05, 3.63) is 34.6 Å². The van der Waals surface area contributed by atoms with Gasteiger partial charge in [-0.15, -0.1) is 0 Å². The molecule has 2 rings (SSSR count). The molecule has 3 atom stereocenters. The summed E-state index contributed by atoms with van der Waals surface area (Å²) in [7, 11) is 0. The van der Waals surface area contributed by atoms with Crippen molar-refractivity contribution in [2.75, 3.05) is 0 Å². The fraction of sp³-hybridized carbons (Fsp3) is 0.500. The maximum absolute atomic E-state index is 12.9. The predicted octanol–water partition coefficient (Wildman–Crippen LogP) is 2.65. The third kappa shape index (κ3) is 2.37. The van der Waals surface area contributed by atoms with Crippen LogP contribution in [0.3, 0.4) is 0 Å². The van der Waals surface area contributed by atoms with Crippen LogP contribution in [0.2, 0.25) is 5.02 Å². The minimum Gasteiger partial charge on any atom is -0.379 e. The summed E-state index contributed by atoms with van der Waals surface area (Å²) in [6, 6.07) is 4.74. The highest BCUT2D eigenvalue weighted by Crippen LogP contribution is 2.40. The molecule has 1 aliphatic rings. The molecule has 0 aromatic heterocycles. The Morgan fingerprint density at radius 3 is 2.75 bits per heavy atom. The highest BCUT2D eigenvalue weighted by atomic mass is 35.5. The van der Waals surface area contributed by atoms with Crippen LogP contribution >= 0.6 is 11.6 Å². The predicted molar refractivity (Wildman–Crippen MR) is 62.0 cm³/mol. The second kappa shape index (κ2) is 4.70. The van der Waals surface area contributed by atoms with E-state index in [1.807, 2.05) is 0 Å². The van der Waals surface area contributed by atoms with Crippen molar-refractivity contribution in [3.63, 3.8) is 0 Å². The van der Waals surface area contributed by atoms with Crippen LogP contribution in [-0.4, -0.2) is 17.4 Å². The number of nitrogens with one attached hydrogen (secondary N) is 1. The van der Waals surface area contributed by atoms with Gasteiger partial charge in [0.15, 0.2) is 0 Å². The van der Waals surface area contributed by atoms with E-state index in [9.17, 15) is 9.50 Å². The lowest BCUT2D eigenvalue weighted by atomic mass is 9.75. The van der Waals surface area contributed by atoms with Gasteiger partial charge in [0.05, 0.1) is 0 Å². The number of aliphatic hydroxyl groups is 1. The van der Waals surface area contributed by atoms with Gasteiger partial charge in [-0.05, 0) is 37.5 Å². The monoisotopic (exact) mass is 243 g/mol. The number of aliphatic hydroxyl groups excluding tert-OH is 1. The maximum atomic E-state index is 12.9. The number of halogens is 2. The molecule has 1 unspecified atom stereocenters. The van der Waals surface area contributed by atoms with E-state index in [2.05, 4.69) is 5.32 Å². The molecular formula is C12H15ClFNO. The van der Waals surface area contributed by atoms with Gasteiger partial charge in [-0.1, -0.05) is 17.7 Å². The second-order valence-corrected chi connectivity index (χ2v) is 4.71. The normalized spacial score (nSPS) is 26.2. The molecule has 16 heavy (non-hydrogen) atoms. The standard InChI is InChI=1S/C12H15ClFNO/c1-7(16)15-12-5-4-10(12)9-3-2-8(14)6-11(9)13/h2-3,6-7,10,12,15-16H,4-5H2,1H3/t7?,10-,12-/m0/s1. The molecule has 4 heteroatoms. The van der Waals surface area contributed by atoms with Crippen molar-refractivity contribution >= 4 is 11.6 Å². The second-order valence-electron chi connectivity index (χ2n) is 4.30. The fourth-order valence-electron chi connectivity index (χ4n) is 2.18. The summed E-state index contributed by atoms with van der Waals surface area (Å²) >= 11 is 6.01. The van der Waals surface area contributed by atoms with Gasteiger partial charge >= 0.3 is 0 Å². The molecule has 0 aliphatic heterocycles. The maximum Gasteiger partial charge on any atom is 0.124 e.